The molecule has 1 aromatic carbocycles. The van der Waals surface area contributed by atoms with Gasteiger partial charge in [0.05, 0.1) is 0 Å². The van der Waals surface area contributed by atoms with Crippen LogP contribution in [0.25, 0.3) is 0 Å². The highest BCUT2D eigenvalue weighted by molar-refractivity contribution is 7.86. The van der Waals surface area contributed by atoms with E-state index >= 15 is 0 Å². The molecule has 0 amide bonds. The zero-order valence-electron chi connectivity index (χ0n) is 14.6. The van der Waals surface area contributed by atoms with E-state index in [4.69, 9.17) is 0 Å². The van der Waals surface area contributed by atoms with Gasteiger partial charge in [0.15, 0.2) is 0 Å². The minimum absolute atomic E-state index is 0.360. The first-order valence-electron chi connectivity index (χ1n) is 9.00. The molecule has 0 spiro atoms. The highest BCUT2D eigenvalue weighted by Crippen LogP contribution is 2.33. The van der Waals surface area contributed by atoms with Crippen LogP contribution in [0.2, 0.25) is 0 Å². The fraction of sp³-hybridized carbons (Fsp3) is 0.684. The van der Waals surface area contributed by atoms with E-state index in [0.29, 0.717) is 17.9 Å². The number of unbranched alkanes of at least 4 members (excludes halogenated alkanes) is 4. The summed E-state index contributed by atoms with van der Waals surface area (Å²) in [6, 6.07) is 9.12. The Morgan fingerprint density at radius 1 is 0.913 bits per heavy atom. The van der Waals surface area contributed by atoms with E-state index in [9.17, 15) is 13.0 Å². The lowest BCUT2D eigenvalue weighted by molar-refractivity contribution is 0.369. The van der Waals surface area contributed by atoms with E-state index in [-0.39, 0.29) is 0 Å². The average molecular weight is 341 g/mol. The van der Waals surface area contributed by atoms with Crippen LogP contribution >= 0.6 is 0 Å². The van der Waals surface area contributed by atoms with E-state index < -0.39 is 15.4 Å². The molecule has 4 heteroatoms. The van der Waals surface area contributed by atoms with Crippen molar-refractivity contribution >= 4 is 10.1 Å². The summed E-state index contributed by atoms with van der Waals surface area (Å²) in [5, 5.41) is -0.795. The van der Waals surface area contributed by atoms with Crippen molar-refractivity contribution in [3.8, 4) is 0 Å². The lowest BCUT2D eigenvalue weighted by atomic mass is 9.89. The molecule has 0 aliphatic rings. The fourth-order valence-corrected chi connectivity index (χ4v) is 4.15. The lowest BCUT2D eigenvalue weighted by Crippen LogP contribution is -2.17. The highest BCUT2D eigenvalue weighted by atomic mass is 32.2. The minimum atomic E-state index is -4.07. The van der Waals surface area contributed by atoms with Crippen LogP contribution in [-0.4, -0.2) is 13.0 Å². The van der Waals surface area contributed by atoms with Crippen molar-refractivity contribution < 1.29 is 13.0 Å². The maximum atomic E-state index is 11.9. The Balaban J connectivity index is 2.78. The predicted octanol–water partition coefficient (Wildman–Crippen LogP) is 5.78. The van der Waals surface area contributed by atoms with Gasteiger partial charge in [0.1, 0.15) is 5.25 Å². The topological polar surface area (TPSA) is 54.4 Å². The van der Waals surface area contributed by atoms with Gasteiger partial charge in [0.25, 0.3) is 10.1 Å². The second-order valence-electron chi connectivity index (χ2n) is 6.51. The van der Waals surface area contributed by atoms with E-state index in [0.717, 1.165) is 32.1 Å². The first kappa shape index (κ1) is 20.2. The van der Waals surface area contributed by atoms with Crippen molar-refractivity contribution in [3.05, 3.63) is 35.9 Å². The van der Waals surface area contributed by atoms with E-state index in [2.05, 4.69) is 13.8 Å². The predicted molar refractivity (Wildman–Crippen MR) is 97.1 cm³/mol. The Morgan fingerprint density at radius 2 is 1.52 bits per heavy atom. The maximum Gasteiger partial charge on any atom is 0.271 e. The van der Waals surface area contributed by atoms with E-state index in [1.54, 1.807) is 12.1 Å². The molecule has 0 aromatic heterocycles. The smallest absolute Gasteiger partial charge is 0.271 e. The SMILES string of the molecule is CCCCCCC(CCCC)CC(c1ccccc1)S(=O)(=O)O. The largest absolute Gasteiger partial charge is 0.285 e. The molecule has 0 saturated heterocycles. The van der Waals surface area contributed by atoms with Crippen LogP contribution in [0.15, 0.2) is 30.3 Å². The van der Waals surface area contributed by atoms with Gasteiger partial charge in [0, 0.05) is 0 Å². The van der Waals surface area contributed by atoms with Crippen molar-refractivity contribution in [1.29, 1.82) is 0 Å². The van der Waals surface area contributed by atoms with Gasteiger partial charge in [-0.1, -0.05) is 95.5 Å². The van der Waals surface area contributed by atoms with E-state index in [1.165, 1.54) is 19.3 Å². The fourth-order valence-electron chi connectivity index (χ4n) is 3.13. The summed E-state index contributed by atoms with van der Waals surface area (Å²) >= 11 is 0. The van der Waals surface area contributed by atoms with Crippen LogP contribution in [-0.2, 0) is 10.1 Å². The van der Waals surface area contributed by atoms with Gasteiger partial charge < -0.3 is 0 Å². The van der Waals surface area contributed by atoms with Gasteiger partial charge >= 0.3 is 0 Å². The molecule has 0 aliphatic heterocycles. The number of hydrogen-bond acceptors (Lipinski definition) is 2. The van der Waals surface area contributed by atoms with Crippen molar-refractivity contribution in [2.24, 2.45) is 5.92 Å². The van der Waals surface area contributed by atoms with Crippen molar-refractivity contribution in [2.75, 3.05) is 0 Å². The van der Waals surface area contributed by atoms with Gasteiger partial charge in [-0.25, -0.2) is 0 Å². The molecular weight excluding hydrogens is 308 g/mol. The Bertz CT molecular complexity index is 511. The minimum Gasteiger partial charge on any atom is -0.285 e. The van der Waals surface area contributed by atoms with Gasteiger partial charge in [-0.3, -0.25) is 4.55 Å². The molecule has 0 saturated carbocycles. The second kappa shape index (κ2) is 10.8. The summed E-state index contributed by atoms with van der Waals surface area (Å²) in [7, 11) is -4.07. The van der Waals surface area contributed by atoms with Crippen LogP contribution in [0.3, 0.4) is 0 Å². The average Bonchev–Trinajstić information content (AvgIpc) is 2.53. The Morgan fingerprint density at radius 3 is 2.09 bits per heavy atom. The molecule has 0 radical (unpaired) electrons. The zero-order chi connectivity index (χ0) is 17.1. The highest BCUT2D eigenvalue weighted by Gasteiger charge is 2.28. The zero-order valence-corrected chi connectivity index (χ0v) is 15.4. The third-order valence-electron chi connectivity index (χ3n) is 4.51. The summed E-state index contributed by atoms with van der Waals surface area (Å²) in [6.07, 6.45) is 9.66. The van der Waals surface area contributed by atoms with Crippen LogP contribution in [0, 0.1) is 5.92 Å². The van der Waals surface area contributed by atoms with Crippen LogP contribution in [0.5, 0.6) is 0 Å². The molecule has 23 heavy (non-hydrogen) atoms. The molecule has 132 valence electrons. The van der Waals surface area contributed by atoms with Gasteiger partial charge in [-0.2, -0.15) is 8.42 Å². The number of benzene rings is 1. The molecule has 2 unspecified atom stereocenters. The van der Waals surface area contributed by atoms with Crippen molar-refractivity contribution in [1.82, 2.24) is 0 Å². The Kier molecular flexibility index (Phi) is 9.49. The third-order valence-corrected chi connectivity index (χ3v) is 5.69. The quantitative estimate of drug-likeness (QED) is 0.387. The summed E-state index contributed by atoms with van der Waals surface area (Å²) in [6.45, 7) is 4.35. The molecule has 1 rings (SSSR count). The Hall–Kier alpha value is -0.870. The second-order valence-corrected chi connectivity index (χ2v) is 8.11. The molecule has 2 atom stereocenters. The molecule has 3 nitrogen and oxygen atoms in total. The van der Waals surface area contributed by atoms with Crippen molar-refractivity contribution in [2.45, 2.75) is 76.9 Å². The molecule has 0 bridgehead atoms. The summed E-state index contributed by atoms with van der Waals surface area (Å²) in [4.78, 5) is 0. The standard InChI is InChI=1S/C19H32O3S/c1-3-5-7-9-13-17(12-6-4-2)16-19(23(20,21)22)18-14-10-8-11-15-18/h8,10-11,14-15,17,19H,3-7,9,12-13,16H2,1-2H3,(H,20,21,22). The number of hydrogen-bond donors (Lipinski definition) is 1. The monoisotopic (exact) mass is 340 g/mol. The maximum absolute atomic E-state index is 11.9. The first-order valence-corrected chi connectivity index (χ1v) is 10.5. The number of rotatable bonds is 12. The van der Waals surface area contributed by atoms with Gasteiger partial charge in [0.2, 0.25) is 0 Å². The van der Waals surface area contributed by atoms with Crippen LogP contribution in [0.1, 0.15) is 82.4 Å². The first-order chi connectivity index (χ1) is 11.0. The Labute approximate surface area is 142 Å². The molecule has 0 fully saturated rings. The van der Waals surface area contributed by atoms with Gasteiger partial charge in [-0.15, -0.1) is 0 Å². The van der Waals surface area contributed by atoms with Crippen LogP contribution < -0.4 is 0 Å². The summed E-state index contributed by atoms with van der Waals surface area (Å²) < 4.78 is 33.4. The molecule has 0 heterocycles. The third kappa shape index (κ3) is 7.98. The summed E-state index contributed by atoms with van der Waals surface area (Å²) in [5.74, 6) is 0.360. The molecule has 1 N–H and O–H groups in total. The van der Waals surface area contributed by atoms with Crippen LogP contribution in [0.4, 0.5) is 0 Å². The molecule has 1 aromatic rings. The lowest BCUT2D eigenvalue weighted by Gasteiger charge is -2.22. The van der Waals surface area contributed by atoms with Crippen molar-refractivity contribution in [3.63, 3.8) is 0 Å². The normalized spacial score (nSPS) is 14.6. The summed E-state index contributed by atoms with van der Waals surface area (Å²) in [5.41, 5.74) is 0.699. The van der Waals surface area contributed by atoms with Gasteiger partial charge in [-0.05, 0) is 17.9 Å². The molecular formula is C19H32O3S. The molecule has 0 aliphatic carbocycles. The van der Waals surface area contributed by atoms with E-state index in [1.807, 2.05) is 18.2 Å².